The number of aromatic nitrogens is 4. The van der Waals surface area contributed by atoms with Crippen molar-refractivity contribution in [3.8, 4) is 28.3 Å². The van der Waals surface area contributed by atoms with Crippen molar-refractivity contribution in [3.63, 3.8) is 0 Å². The molecule has 0 aliphatic heterocycles. The van der Waals surface area contributed by atoms with E-state index >= 15 is 0 Å². The topological polar surface area (TPSA) is 96.0 Å². The second-order valence-corrected chi connectivity index (χ2v) is 7.68. The van der Waals surface area contributed by atoms with Crippen LogP contribution in [0.4, 0.5) is 19.1 Å². The predicted octanol–water partition coefficient (Wildman–Crippen LogP) is 5.29. The minimum atomic E-state index is -2.78. The molecule has 0 saturated carbocycles. The van der Waals surface area contributed by atoms with Gasteiger partial charge in [-0.2, -0.15) is 4.98 Å². The Hall–Kier alpha value is -4.05. The average Bonchev–Trinajstić information content (AvgIpc) is 2.83. The first kappa shape index (κ1) is 24.1. The Morgan fingerprint density at radius 2 is 1.60 bits per heavy atom. The molecule has 180 valence electrons. The van der Waals surface area contributed by atoms with Crippen molar-refractivity contribution < 1.29 is 22.6 Å². The van der Waals surface area contributed by atoms with Crippen LogP contribution in [0.3, 0.4) is 0 Å². The van der Waals surface area contributed by atoms with Crippen molar-refractivity contribution in [1.82, 2.24) is 19.9 Å². The first-order valence-corrected chi connectivity index (χ1v) is 10.6. The molecule has 1 aromatic carbocycles. The van der Waals surface area contributed by atoms with E-state index in [4.69, 9.17) is 15.2 Å². The molecule has 10 heteroatoms. The number of anilines is 1. The standard InChI is InChI=1S/C25H22F3N5O2/c1-14-10-16(11-20(30-14)23(27)28)21-22(15-6-8-17(26)9-7-15)32-25(29)33-24(21)35-13-19-5-3-4-18(31-19)12-34-2/h3-11,23H,12-13H2,1-2H3,(H2,29,32,33). The average molecular weight is 481 g/mol. The molecule has 0 bridgehead atoms. The number of ether oxygens (including phenoxy) is 2. The zero-order valence-electron chi connectivity index (χ0n) is 19.0. The molecule has 2 N–H and O–H groups in total. The third-order valence-corrected chi connectivity index (χ3v) is 5.01. The molecule has 0 amide bonds. The summed E-state index contributed by atoms with van der Waals surface area (Å²) in [7, 11) is 1.57. The van der Waals surface area contributed by atoms with Gasteiger partial charge in [-0.05, 0) is 61.0 Å². The smallest absolute Gasteiger partial charge is 0.280 e. The van der Waals surface area contributed by atoms with Gasteiger partial charge in [0.1, 0.15) is 18.1 Å². The number of hydrogen-bond donors (Lipinski definition) is 1. The van der Waals surface area contributed by atoms with Crippen molar-refractivity contribution >= 4 is 5.95 Å². The summed E-state index contributed by atoms with van der Waals surface area (Å²) in [5.74, 6) is -0.457. The monoisotopic (exact) mass is 481 g/mol. The molecule has 0 saturated heterocycles. The molecule has 0 aliphatic rings. The van der Waals surface area contributed by atoms with E-state index in [1.165, 1.54) is 30.3 Å². The van der Waals surface area contributed by atoms with Gasteiger partial charge in [0.25, 0.3) is 6.43 Å². The summed E-state index contributed by atoms with van der Waals surface area (Å²) < 4.78 is 51.8. The lowest BCUT2D eigenvalue weighted by atomic mass is 9.99. The van der Waals surface area contributed by atoms with Gasteiger partial charge in [-0.3, -0.25) is 9.97 Å². The lowest BCUT2D eigenvalue weighted by Crippen LogP contribution is -2.07. The highest BCUT2D eigenvalue weighted by Gasteiger charge is 2.21. The third-order valence-electron chi connectivity index (χ3n) is 5.01. The first-order valence-electron chi connectivity index (χ1n) is 10.6. The SMILES string of the molecule is COCc1cccc(COc2nc(N)nc(-c3ccc(F)cc3)c2-c2cc(C)nc(C(F)F)c2)n1. The fourth-order valence-corrected chi connectivity index (χ4v) is 3.57. The highest BCUT2D eigenvalue weighted by molar-refractivity contribution is 5.85. The van der Waals surface area contributed by atoms with E-state index in [2.05, 4.69) is 19.9 Å². The molecule has 3 aromatic heterocycles. The predicted molar refractivity (Wildman–Crippen MR) is 124 cm³/mol. The van der Waals surface area contributed by atoms with Gasteiger partial charge in [-0.15, -0.1) is 0 Å². The van der Waals surface area contributed by atoms with Crippen LogP contribution in [0.2, 0.25) is 0 Å². The van der Waals surface area contributed by atoms with Crippen molar-refractivity contribution in [2.75, 3.05) is 12.8 Å². The number of pyridine rings is 2. The van der Waals surface area contributed by atoms with Crippen molar-refractivity contribution in [3.05, 3.63) is 83.2 Å². The number of alkyl halides is 2. The molecule has 0 atom stereocenters. The number of rotatable bonds is 8. The molecule has 3 heterocycles. The fourth-order valence-electron chi connectivity index (χ4n) is 3.57. The number of benzene rings is 1. The molecule has 0 aliphatic carbocycles. The van der Waals surface area contributed by atoms with Crippen LogP contribution in [0, 0.1) is 12.7 Å². The van der Waals surface area contributed by atoms with Gasteiger partial charge < -0.3 is 15.2 Å². The van der Waals surface area contributed by atoms with Gasteiger partial charge in [0.05, 0.1) is 29.3 Å². The second kappa shape index (κ2) is 10.5. The van der Waals surface area contributed by atoms with Crippen LogP contribution in [0.15, 0.2) is 54.6 Å². The van der Waals surface area contributed by atoms with Crippen LogP contribution in [-0.2, 0) is 18.0 Å². The highest BCUT2D eigenvalue weighted by atomic mass is 19.3. The fraction of sp³-hybridized carbons (Fsp3) is 0.200. The minimum absolute atomic E-state index is 0.0234. The number of nitrogens with two attached hydrogens (primary N) is 1. The summed E-state index contributed by atoms with van der Waals surface area (Å²) in [6.45, 7) is 1.97. The van der Waals surface area contributed by atoms with Crippen LogP contribution >= 0.6 is 0 Å². The zero-order valence-corrected chi connectivity index (χ0v) is 19.0. The Bertz CT molecular complexity index is 1330. The van der Waals surface area contributed by atoms with Crippen molar-refractivity contribution in [2.24, 2.45) is 0 Å². The maximum Gasteiger partial charge on any atom is 0.280 e. The largest absolute Gasteiger partial charge is 0.471 e. The molecule has 4 rings (SSSR count). The third kappa shape index (κ3) is 5.72. The van der Waals surface area contributed by atoms with Crippen LogP contribution in [0.5, 0.6) is 5.88 Å². The lowest BCUT2D eigenvalue weighted by molar-refractivity contribution is 0.146. The Balaban J connectivity index is 1.84. The molecular weight excluding hydrogens is 459 g/mol. The molecule has 0 fully saturated rings. The van der Waals surface area contributed by atoms with Gasteiger partial charge in [-0.25, -0.2) is 18.2 Å². The Kier molecular flexibility index (Phi) is 7.21. The Morgan fingerprint density at radius 3 is 2.29 bits per heavy atom. The maximum absolute atomic E-state index is 13.6. The van der Waals surface area contributed by atoms with Crippen LogP contribution in [0.1, 0.15) is 29.2 Å². The highest BCUT2D eigenvalue weighted by Crippen LogP contribution is 2.39. The molecule has 7 nitrogen and oxygen atoms in total. The van der Waals surface area contributed by atoms with Gasteiger partial charge >= 0.3 is 0 Å². The Labute approximate surface area is 199 Å². The minimum Gasteiger partial charge on any atom is -0.471 e. The number of methoxy groups -OCH3 is 1. The molecule has 0 unspecified atom stereocenters. The zero-order chi connectivity index (χ0) is 24.9. The van der Waals surface area contributed by atoms with E-state index < -0.39 is 17.9 Å². The summed E-state index contributed by atoms with van der Waals surface area (Å²) >= 11 is 0. The van der Waals surface area contributed by atoms with Crippen molar-refractivity contribution in [1.29, 1.82) is 0 Å². The quantitative estimate of drug-likeness (QED) is 0.365. The normalized spacial score (nSPS) is 11.1. The van der Waals surface area contributed by atoms with Crippen LogP contribution < -0.4 is 10.5 Å². The summed E-state index contributed by atoms with van der Waals surface area (Å²) in [6.07, 6.45) is -2.78. The maximum atomic E-state index is 13.6. The first-order chi connectivity index (χ1) is 16.8. The van der Waals surface area contributed by atoms with Gasteiger partial charge in [0, 0.05) is 18.4 Å². The number of aryl methyl sites for hydroxylation is 1. The van der Waals surface area contributed by atoms with E-state index in [0.29, 0.717) is 46.1 Å². The van der Waals surface area contributed by atoms with Crippen LogP contribution in [0.25, 0.3) is 22.4 Å². The summed E-state index contributed by atoms with van der Waals surface area (Å²) in [5.41, 5.74) is 8.77. The lowest BCUT2D eigenvalue weighted by Gasteiger charge is -2.16. The van der Waals surface area contributed by atoms with E-state index in [1.807, 2.05) is 12.1 Å². The van der Waals surface area contributed by atoms with Gasteiger partial charge in [0.15, 0.2) is 0 Å². The Morgan fingerprint density at radius 1 is 0.886 bits per heavy atom. The van der Waals surface area contributed by atoms with Crippen molar-refractivity contribution in [2.45, 2.75) is 26.6 Å². The van der Waals surface area contributed by atoms with Gasteiger partial charge in [0.2, 0.25) is 11.8 Å². The number of nitrogens with zero attached hydrogens (tertiary/aromatic N) is 4. The van der Waals surface area contributed by atoms with E-state index in [1.54, 1.807) is 26.2 Å². The van der Waals surface area contributed by atoms with Gasteiger partial charge in [-0.1, -0.05) is 6.07 Å². The molecule has 4 aromatic rings. The van der Waals surface area contributed by atoms with E-state index in [9.17, 15) is 13.2 Å². The number of nitrogen functional groups attached to an aromatic ring is 1. The summed E-state index contributed by atoms with van der Waals surface area (Å²) in [4.78, 5) is 17.0. The molecule has 0 spiro atoms. The van der Waals surface area contributed by atoms with Crippen LogP contribution in [-0.4, -0.2) is 27.0 Å². The summed E-state index contributed by atoms with van der Waals surface area (Å²) in [5, 5.41) is 0. The molecular formula is C25H22F3N5O2. The van der Waals surface area contributed by atoms with E-state index in [-0.39, 0.29) is 18.4 Å². The molecule has 35 heavy (non-hydrogen) atoms. The van der Waals surface area contributed by atoms with E-state index in [0.717, 1.165) is 0 Å². The second-order valence-electron chi connectivity index (χ2n) is 7.68. The number of halogens is 3. The molecule has 0 radical (unpaired) electrons. The summed E-state index contributed by atoms with van der Waals surface area (Å²) in [6, 6.07) is 13.9. The number of hydrogen-bond acceptors (Lipinski definition) is 7.